The van der Waals surface area contributed by atoms with Gasteiger partial charge >= 0.3 is 12.1 Å². The van der Waals surface area contributed by atoms with E-state index in [2.05, 4.69) is 10.6 Å². The van der Waals surface area contributed by atoms with E-state index in [-0.39, 0.29) is 12.6 Å². The molecule has 1 heterocycles. The minimum Gasteiger partial charge on any atom is -0.442 e. The van der Waals surface area contributed by atoms with E-state index < -0.39 is 12.2 Å². The topological polar surface area (TPSA) is 70.7 Å². The molecule has 1 fully saturated rings. The molecule has 25 heavy (non-hydrogen) atoms. The van der Waals surface area contributed by atoms with Gasteiger partial charge in [0.2, 0.25) is 0 Å². The number of cyclic esters (lactones) is 1. The van der Waals surface area contributed by atoms with Gasteiger partial charge in [0.25, 0.3) is 0 Å². The normalized spacial score (nSPS) is 16.5. The number of rotatable bonds is 4. The van der Waals surface area contributed by atoms with Crippen molar-refractivity contribution in [1.82, 2.24) is 5.32 Å². The van der Waals surface area contributed by atoms with Crippen LogP contribution in [0.4, 0.5) is 21.0 Å². The van der Waals surface area contributed by atoms with Crippen molar-refractivity contribution in [2.24, 2.45) is 0 Å². The Kier molecular flexibility index (Phi) is 5.09. The Morgan fingerprint density at radius 2 is 2.08 bits per heavy atom. The van der Waals surface area contributed by atoms with Crippen molar-refractivity contribution >= 4 is 35.1 Å². The molecular formula is C18H18ClN3O3. The molecule has 0 aliphatic carbocycles. The highest BCUT2D eigenvalue weighted by Crippen LogP contribution is 2.24. The van der Waals surface area contributed by atoms with Gasteiger partial charge in [0.15, 0.2) is 0 Å². The number of benzene rings is 2. The summed E-state index contributed by atoms with van der Waals surface area (Å²) in [6, 6.07) is 14.1. The Morgan fingerprint density at radius 3 is 2.84 bits per heavy atom. The Morgan fingerprint density at radius 1 is 1.28 bits per heavy atom. The zero-order valence-corrected chi connectivity index (χ0v) is 14.4. The average Bonchev–Trinajstić information content (AvgIpc) is 2.94. The number of anilines is 2. The van der Waals surface area contributed by atoms with E-state index in [0.717, 1.165) is 5.56 Å². The van der Waals surface area contributed by atoms with Crippen LogP contribution in [-0.2, 0) is 4.74 Å². The molecular weight excluding hydrogens is 342 g/mol. The highest BCUT2D eigenvalue weighted by atomic mass is 35.5. The summed E-state index contributed by atoms with van der Waals surface area (Å²) in [6.07, 6.45) is -0.872. The van der Waals surface area contributed by atoms with Gasteiger partial charge in [-0.1, -0.05) is 29.8 Å². The molecule has 2 aromatic carbocycles. The lowest BCUT2D eigenvalue weighted by atomic mass is 10.2. The Hall–Kier alpha value is -2.73. The molecule has 0 aromatic heterocycles. The van der Waals surface area contributed by atoms with E-state index in [1.807, 2.05) is 31.2 Å². The number of ether oxygens (including phenoxy) is 1. The molecule has 0 saturated carbocycles. The predicted molar refractivity (Wildman–Crippen MR) is 97.3 cm³/mol. The number of aryl methyl sites for hydroxylation is 1. The van der Waals surface area contributed by atoms with E-state index >= 15 is 0 Å². The zero-order valence-electron chi connectivity index (χ0n) is 13.7. The number of nitrogens with zero attached hydrogens (tertiary/aromatic N) is 1. The van der Waals surface area contributed by atoms with Crippen LogP contribution in [0, 0.1) is 6.92 Å². The first-order valence-corrected chi connectivity index (χ1v) is 8.24. The van der Waals surface area contributed by atoms with Gasteiger partial charge in [0.1, 0.15) is 6.10 Å². The average molecular weight is 360 g/mol. The summed E-state index contributed by atoms with van der Waals surface area (Å²) in [6.45, 7) is 2.52. The van der Waals surface area contributed by atoms with E-state index in [1.54, 1.807) is 24.3 Å². The van der Waals surface area contributed by atoms with Crippen LogP contribution >= 0.6 is 11.6 Å². The number of hydrogen-bond donors (Lipinski definition) is 2. The quantitative estimate of drug-likeness (QED) is 0.872. The molecule has 1 unspecified atom stereocenters. The maximum atomic E-state index is 12.0. The summed E-state index contributed by atoms with van der Waals surface area (Å²) in [5, 5.41) is 6.01. The molecule has 1 aliphatic heterocycles. The van der Waals surface area contributed by atoms with E-state index in [0.29, 0.717) is 22.9 Å². The number of carbonyl (C=O) groups excluding carboxylic acids is 2. The second kappa shape index (κ2) is 7.44. The maximum absolute atomic E-state index is 12.0. The minimum atomic E-state index is -0.451. The van der Waals surface area contributed by atoms with Crippen LogP contribution in [0.3, 0.4) is 0 Å². The lowest BCUT2D eigenvalue weighted by Crippen LogP contribution is -2.37. The van der Waals surface area contributed by atoms with Crippen molar-refractivity contribution in [3.63, 3.8) is 0 Å². The Labute approximate surface area is 150 Å². The molecule has 130 valence electrons. The molecule has 6 nitrogen and oxygen atoms in total. The van der Waals surface area contributed by atoms with Gasteiger partial charge < -0.3 is 15.4 Å². The number of urea groups is 1. The standard InChI is InChI=1S/C18H18ClN3O3/c1-12-4-2-6-14(8-12)21-17(23)20-10-16-11-22(18(24)25-16)15-7-3-5-13(19)9-15/h2-9,16H,10-11H2,1H3,(H2,20,21,23). The summed E-state index contributed by atoms with van der Waals surface area (Å²) in [4.78, 5) is 25.5. The number of hydrogen-bond acceptors (Lipinski definition) is 3. The first-order chi connectivity index (χ1) is 12.0. The molecule has 2 aromatic rings. The highest BCUT2D eigenvalue weighted by molar-refractivity contribution is 6.30. The lowest BCUT2D eigenvalue weighted by molar-refractivity contribution is 0.141. The second-order valence-electron chi connectivity index (χ2n) is 5.80. The van der Waals surface area contributed by atoms with Gasteiger partial charge in [-0.15, -0.1) is 0 Å². The van der Waals surface area contributed by atoms with Crippen LogP contribution < -0.4 is 15.5 Å². The smallest absolute Gasteiger partial charge is 0.414 e. The number of nitrogens with one attached hydrogen (secondary N) is 2. The fourth-order valence-corrected chi connectivity index (χ4v) is 2.77. The predicted octanol–water partition coefficient (Wildman–Crippen LogP) is 3.80. The minimum absolute atomic E-state index is 0.223. The fraction of sp³-hybridized carbons (Fsp3) is 0.222. The number of halogens is 1. The highest BCUT2D eigenvalue weighted by Gasteiger charge is 2.32. The summed E-state index contributed by atoms with van der Waals surface area (Å²) < 4.78 is 5.29. The Balaban J connectivity index is 1.52. The van der Waals surface area contributed by atoms with E-state index in [4.69, 9.17) is 16.3 Å². The molecule has 0 radical (unpaired) electrons. The van der Waals surface area contributed by atoms with Crippen molar-refractivity contribution in [2.75, 3.05) is 23.3 Å². The monoisotopic (exact) mass is 359 g/mol. The second-order valence-corrected chi connectivity index (χ2v) is 6.24. The van der Waals surface area contributed by atoms with Crippen molar-refractivity contribution in [3.05, 3.63) is 59.1 Å². The molecule has 0 bridgehead atoms. The van der Waals surface area contributed by atoms with Crippen molar-refractivity contribution in [3.8, 4) is 0 Å². The number of amides is 3. The molecule has 3 amide bonds. The van der Waals surface area contributed by atoms with Crippen LogP contribution in [-0.4, -0.2) is 31.3 Å². The molecule has 1 saturated heterocycles. The Bertz CT molecular complexity index is 797. The van der Waals surface area contributed by atoms with Crippen LogP contribution in [0.1, 0.15) is 5.56 Å². The molecule has 2 N–H and O–H groups in total. The number of carbonyl (C=O) groups is 2. The third-order valence-corrected chi connectivity index (χ3v) is 4.00. The van der Waals surface area contributed by atoms with Gasteiger partial charge in [-0.2, -0.15) is 0 Å². The molecule has 7 heteroatoms. The first-order valence-electron chi connectivity index (χ1n) is 7.86. The van der Waals surface area contributed by atoms with Crippen LogP contribution in [0.5, 0.6) is 0 Å². The first kappa shape index (κ1) is 17.1. The third kappa shape index (κ3) is 4.42. The van der Waals surface area contributed by atoms with Crippen LogP contribution in [0.2, 0.25) is 5.02 Å². The maximum Gasteiger partial charge on any atom is 0.414 e. The third-order valence-electron chi connectivity index (χ3n) is 3.76. The van der Waals surface area contributed by atoms with Gasteiger partial charge in [0, 0.05) is 16.4 Å². The summed E-state index contributed by atoms with van der Waals surface area (Å²) >= 11 is 5.95. The van der Waals surface area contributed by atoms with Crippen molar-refractivity contribution in [1.29, 1.82) is 0 Å². The van der Waals surface area contributed by atoms with Crippen molar-refractivity contribution < 1.29 is 14.3 Å². The van der Waals surface area contributed by atoms with E-state index in [1.165, 1.54) is 4.90 Å². The van der Waals surface area contributed by atoms with Crippen molar-refractivity contribution in [2.45, 2.75) is 13.0 Å². The largest absolute Gasteiger partial charge is 0.442 e. The van der Waals surface area contributed by atoms with Crippen LogP contribution in [0.25, 0.3) is 0 Å². The summed E-state index contributed by atoms with van der Waals surface area (Å²) in [5.74, 6) is 0. The molecule has 0 spiro atoms. The van der Waals surface area contributed by atoms with Gasteiger partial charge in [-0.3, -0.25) is 4.90 Å². The fourth-order valence-electron chi connectivity index (χ4n) is 2.59. The molecule has 3 rings (SSSR count). The van der Waals surface area contributed by atoms with Gasteiger partial charge in [-0.25, -0.2) is 9.59 Å². The summed E-state index contributed by atoms with van der Waals surface area (Å²) in [7, 11) is 0. The SMILES string of the molecule is Cc1cccc(NC(=O)NCC2CN(c3cccc(Cl)c3)C(=O)O2)c1. The molecule has 1 atom stereocenters. The van der Waals surface area contributed by atoms with Crippen LogP contribution in [0.15, 0.2) is 48.5 Å². The van der Waals surface area contributed by atoms with Gasteiger partial charge in [0.05, 0.1) is 13.1 Å². The van der Waals surface area contributed by atoms with Gasteiger partial charge in [-0.05, 0) is 42.8 Å². The molecule has 1 aliphatic rings. The van der Waals surface area contributed by atoms with E-state index in [9.17, 15) is 9.59 Å². The summed E-state index contributed by atoms with van der Waals surface area (Å²) in [5.41, 5.74) is 2.44. The zero-order chi connectivity index (χ0) is 17.8. The lowest BCUT2D eigenvalue weighted by Gasteiger charge is -2.13.